The van der Waals surface area contributed by atoms with Crippen molar-refractivity contribution in [3.63, 3.8) is 0 Å². The minimum absolute atomic E-state index is 0.0758. The van der Waals surface area contributed by atoms with E-state index >= 15 is 0 Å². The van der Waals surface area contributed by atoms with Crippen LogP contribution in [0.4, 0.5) is 0 Å². The summed E-state index contributed by atoms with van der Waals surface area (Å²) in [5, 5.41) is 7.53. The van der Waals surface area contributed by atoms with E-state index in [9.17, 15) is 9.59 Å². The summed E-state index contributed by atoms with van der Waals surface area (Å²) in [7, 11) is 0. The smallest absolute Gasteiger partial charge is 0.332 e. The molecule has 0 aliphatic rings. The van der Waals surface area contributed by atoms with Crippen molar-refractivity contribution in [3.05, 3.63) is 33.8 Å². The molecule has 0 unspecified atom stereocenters. The van der Waals surface area contributed by atoms with E-state index in [1.165, 1.54) is 18.2 Å². The molecule has 0 bridgehead atoms. The Hall–Kier alpha value is -2.12. The number of benzene rings is 1. The Morgan fingerprint density at radius 1 is 1.10 bits per heavy atom. The number of hydrogen-bond acceptors (Lipinski definition) is 6. The minimum atomic E-state index is -0.674. The molecule has 1 aromatic carbocycles. The lowest BCUT2D eigenvalue weighted by molar-refractivity contribution is -0.142. The lowest BCUT2D eigenvalue weighted by atomic mass is 10.1. The van der Waals surface area contributed by atoms with Crippen LogP contribution >= 0.6 is 23.2 Å². The topological polar surface area (TPSA) is 103 Å². The monoisotopic (exact) mass is 331 g/mol. The van der Waals surface area contributed by atoms with Crippen molar-refractivity contribution in [1.29, 1.82) is 0 Å². The number of amidine groups is 1. The van der Waals surface area contributed by atoms with Crippen LogP contribution in [-0.2, 0) is 19.3 Å². The highest BCUT2D eigenvalue weighted by Crippen LogP contribution is 2.22. The summed E-state index contributed by atoms with van der Waals surface area (Å²) < 4.78 is 0. The molecule has 0 fully saturated rings. The fraction of sp³-hybridized carbons (Fsp3) is 0.167. The van der Waals surface area contributed by atoms with Crippen molar-refractivity contribution >= 4 is 46.7 Å². The first-order chi connectivity index (χ1) is 9.81. The zero-order chi connectivity index (χ0) is 16.0. The molecule has 0 amide bonds. The Labute approximate surface area is 130 Å². The Bertz CT molecular complexity index is 629. The molecule has 0 spiro atoms. The molecule has 0 aromatic heterocycles. The standard InChI is InChI=1S/C12H11Cl2N3O4/c1-6(18)20-16-11(12(15)17-21-7(2)19)9-4-3-8(13)5-10(9)14/h3-5H,1-2H3,(H2,15,17)/b16-11-. The maximum absolute atomic E-state index is 10.9. The molecular weight excluding hydrogens is 321 g/mol. The Morgan fingerprint density at radius 2 is 1.67 bits per heavy atom. The molecule has 0 aliphatic heterocycles. The van der Waals surface area contributed by atoms with Gasteiger partial charge in [0.2, 0.25) is 0 Å². The quantitative estimate of drug-likeness (QED) is 0.393. The summed E-state index contributed by atoms with van der Waals surface area (Å²) in [6.07, 6.45) is 0. The number of carbonyl (C=O) groups excluding carboxylic acids is 2. The second kappa shape index (κ2) is 7.61. The van der Waals surface area contributed by atoms with Gasteiger partial charge in [0.15, 0.2) is 11.5 Å². The van der Waals surface area contributed by atoms with Crippen LogP contribution in [0.2, 0.25) is 10.0 Å². The van der Waals surface area contributed by atoms with Crippen LogP contribution in [0.15, 0.2) is 28.5 Å². The fourth-order valence-corrected chi connectivity index (χ4v) is 1.68. The van der Waals surface area contributed by atoms with E-state index in [0.717, 1.165) is 13.8 Å². The summed E-state index contributed by atoms with van der Waals surface area (Å²) >= 11 is 11.8. The van der Waals surface area contributed by atoms with Gasteiger partial charge in [-0.15, -0.1) is 0 Å². The van der Waals surface area contributed by atoms with Gasteiger partial charge >= 0.3 is 11.9 Å². The van der Waals surface area contributed by atoms with Crippen molar-refractivity contribution in [2.45, 2.75) is 13.8 Å². The van der Waals surface area contributed by atoms with E-state index < -0.39 is 11.9 Å². The van der Waals surface area contributed by atoms with E-state index in [-0.39, 0.29) is 16.6 Å². The number of nitrogens with two attached hydrogens (primary N) is 1. The van der Waals surface area contributed by atoms with Crippen LogP contribution in [0.1, 0.15) is 19.4 Å². The highest BCUT2D eigenvalue weighted by Gasteiger charge is 2.16. The fourth-order valence-electron chi connectivity index (χ4n) is 1.18. The van der Waals surface area contributed by atoms with Crippen molar-refractivity contribution in [2.75, 3.05) is 0 Å². The van der Waals surface area contributed by atoms with E-state index in [4.69, 9.17) is 28.9 Å². The SMILES string of the molecule is CC(=O)O/N=C(\C(N)=N/OC(C)=O)c1ccc(Cl)cc1Cl. The van der Waals surface area contributed by atoms with Crippen LogP contribution in [0.25, 0.3) is 0 Å². The molecule has 0 saturated heterocycles. The minimum Gasteiger partial charge on any atom is -0.379 e. The highest BCUT2D eigenvalue weighted by atomic mass is 35.5. The predicted octanol–water partition coefficient (Wildman–Crippen LogP) is 2.10. The largest absolute Gasteiger partial charge is 0.379 e. The first-order valence-corrected chi connectivity index (χ1v) is 6.29. The molecule has 9 heteroatoms. The van der Waals surface area contributed by atoms with Gasteiger partial charge in [-0.05, 0) is 18.2 Å². The van der Waals surface area contributed by atoms with E-state index in [2.05, 4.69) is 20.0 Å². The van der Waals surface area contributed by atoms with Crippen LogP contribution in [0.3, 0.4) is 0 Å². The van der Waals surface area contributed by atoms with Crippen molar-refractivity contribution in [1.82, 2.24) is 0 Å². The molecule has 0 saturated carbocycles. The van der Waals surface area contributed by atoms with E-state index in [1.807, 2.05) is 0 Å². The van der Waals surface area contributed by atoms with Crippen LogP contribution in [0, 0.1) is 0 Å². The third-order valence-electron chi connectivity index (χ3n) is 1.97. The zero-order valence-corrected chi connectivity index (χ0v) is 12.6. The lowest BCUT2D eigenvalue weighted by Crippen LogP contribution is -2.26. The Balaban J connectivity index is 3.25. The number of rotatable bonds is 4. The normalized spacial score (nSPS) is 12.0. The molecule has 0 aliphatic carbocycles. The lowest BCUT2D eigenvalue weighted by Gasteiger charge is -2.07. The van der Waals surface area contributed by atoms with Gasteiger partial charge in [-0.2, -0.15) is 0 Å². The first-order valence-electron chi connectivity index (χ1n) is 5.53. The number of oxime groups is 2. The third-order valence-corrected chi connectivity index (χ3v) is 2.51. The second-order valence-corrected chi connectivity index (χ2v) is 4.55. The molecular formula is C12H11Cl2N3O4. The zero-order valence-electron chi connectivity index (χ0n) is 11.1. The average Bonchev–Trinajstić information content (AvgIpc) is 2.38. The maximum atomic E-state index is 10.9. The second-order valence-electron chi connectivity index (χ2n) is 3.71. The van der Waals surface area contributed by atoms with Crippen molar-refractivity contribution < 1.29 is 19.3 Å². The average molecular weight is 332 g/mol. The molecule has 112 valence electrons. The molecule has 2 N–H and O–H groups in total. The number of hydrogen-bond donors (Lipinski definition) is 1. The summed E-state index contributed by atoms with van der Waals surface area (Å²) in [6, 6.07) is 4.48. The van der Waals surface area contributed by atoms with E-state index in [0.29, 0.717) is 10.6 Å². The van der Waals surface area contributed by atoms with Crippen LogP contribution in [0.5, 0.6) is 0 Å². The molecule has 0 atom stereocenters. The molecule has 21 heavy (non-hydrogen) atoms. The molecule has 1 rings (SSSR count). The van der Waals surface area contributed by atoms with Gasteiger partial charge in [-0.1, -0.05) is 33.5 Å². The van der Waals surface area contributed by atoms with Gasteiger partial charge in [0, 0.05) is 24.4 Å². The van der Waals surface area contributed by atoms with Gasteiger partial charge in [0.25, 0.3) is 0 Å². The number of nitrogens with zero attached hydrogens (tertiary/aromatic N) is 2. The van der Waals surface area contributed by atoms with Gasteiger partial charge in [0.05, 0.1) is 5.02 Å². The van der Waals surface area contributed by atoms with Crippen LogP contribution in [-0.4, -0.2) is 23.5 Å². The molecule has 1 aromatic rings. The van der Waals surface area contributed by atoms with Gasteiger partial charge < -0.3 is 15.4 Å². The number of halogens is 2. The summed E-state index contributed by atoms with van der Waals surface area (Å²) in [5.74, 6) is -1.64. The van der Waals surface area contributed by atoms with Crippen molar-refractivity contribution in [2.24, 2.45) is 16.0 Å². The molecule has 0 radical (unpaired) electrons. The van der Waals surface area contributed by atoms with Gasteiger partial charge in [-0.25, -0.2) is 9.59 Å². The molecule has 7 nitrogen and oxygen atoms in total. The summed E-state index contributed by atoms with van der Waals surface area (Å²) in [5.41, 5.74) is 5.88. The van der Waals surface area contributed by atoms with Gasteiger partial charge in [-0.3, -0.25) is 0 Å². The summed E-state index contributed by atoms with van der Waals surface area (Å²) in [4.78, 5) is 30.5. The Morgan fingerprint density at radius 3 is 2.19 bits per heavy atom. The maximum Gasteiger partial charge on any atom is 0.332 e. The first kappa shape index (κ1) is 16.9. The van der Waals surface area contributed by atoms with E-state index in [1.54, 1.807) is 0 Å². The van der Waals surface area contributed by atoms with Gasteiger partial charge in [0.1, 0.15) is 0 Å². The van der Waals surface area contributed by atoms with Crippen LogP contribution < -0.4 is 5.73 Å². The molecule has 0 heterocycles. The van der Waals surface area contributed by atoms with Crippen molar-refractivity contribution in [3.8, 4) is 0 Å². The highest BCUT2D eigenvalue weighted by molar-refractivity contribution is 6.50. The Kier molecular flexibility index (Phi) is 6.13. The number of carbonyl (C=O) groups is 2. The predicted molar refractivity (Wildman–Crippen MR) is 78.2 cm³/mol. The third kappa shape index (κ3) is 5.41. The summed E-state index contributed by atoms with van der Waals surface area (Å²) in [6.45, 7) is 2.30.